The molecule has 1 aromatic rings. The van der Waals surface area contributed by atoms with Crippen LogP contribution < -0.4 is 15.2 Å². The van der Waals surface area contributed by atoms with E-state index in [-0.39, 0.29) is 23.2 Å². The number of benzene rings is 1. The first-order valence-corrected chi connectivity index (χ1v) is 9.38. The second-order valence-corrected chi connectivity index (χ2v) is 8.30. The molecule has 0 aliphatic carbocycles. The fraction of sp³-hybridized carbons (Fsp3) is 0.333. The Hall–Kier alpha value is -0.750. The first kappa shape index (κ1) is 17.3. The average molecular weight is 390 g/mol. The number of nitrogens with two attached hydrogens (primary N) is 1. The molecule has 0 aliphatic rings. The van der Waals surface area contributed by atoms with Crippen LogP contribution in [0.5, 0.6) is 0 Å². The van der Waals surface area contributed by atoms with Crippen molar-refractivity contribution in [2.45, 2.75) is 4.90 Å². The van der Waals surface area contributed by atoms with Gasteiger partial charge >= 0.3 is 0 Å². The van der Waals surface area contributed by atoms with Gasteiger partial charge in [-0.1, -0.05) is 0 Å². The van der Waals surface area contributed by atoms with Gasteiger partial charge in [0.05, 0.1) is 10.7 Å². The van der Waals surface area contributed by atoms with Gasteiger partial charge in [0, 0.05) is 18.8 Å². The molecule has 0 aromatic heterocycles. The number of hydrogen-bond acceptors (Lipinski definition) is 5. The molecule has 1 rings (SSSR count). The predicted molar refractivity (Wildman–Crippen MR) is 76.5 cm³/mol. The minimum absolute atomic E-state index is 0.0767. The summed E-state index contributed by atoms with van der Waals surface area (Å²) in [6.45, 7) is -0.371. The lowest BCUT2D eigenvalue weighted by Gasteiger charge is -2.09. The minimum atomic E-state index is -4.12. The number of nitrogen functional groups attached to an aromatic ring is 1. The van der Waals surface area contributed by atoms with Crippen molar-refractivity contribution in [2.75, 3.05) is 25.1 Å². The Kier molecular flexibility index (Phi) is 5.49. The Morgan fingerprint density at radius 1 is 1.20 bits per heavy atom. The predicted octanol–water partition coefficient (Wildman–Crippen LogP) is -0.00210. The summed E-state index contributed by atoms with van der Waals surface area (Å²) >= 11 is 2.86. The van der Waals surface area contributed by atoms with Crippen molar-refractivity contribution < 1.29 is 21.2 Å². The van der Waals surface area contributed by atoms with E-state index in [1.165, 1.54) is 6.07 Å². The number of halogens is 2. The van der Waals surface area contributed by atoms with Crippen LogP contribution in [0.15, 0.2) is 21.5 Å². The lowest BCUT2D eigenvalue weighted by atomic mass is 10.3. The van der Waals surface area contributed by atoms with Crippen molar-refractivity contribution in [3.05, 3.63) is 22.4 Å². The molecule has 0 saturated heterocycles. The van der Waals surface area contributed by atoms with Gasteiger partial charge in [0.25, 0.3) is 0 Å². The number of anilines is 1. The zero-order chi connectivity index (χ0) is 15.6. The monoisotopic (exact) mass is 389 g/mol. The van der Waals surface area contributed by atoms with Crippen LogP contribution in [0.25, 0.3) is 0 Å². The maximum atomic E-state index is 13.7. The number of rotatable bonds is 6. The van der Waals surface area contributed by atoms with E-state index in [0.29, 0.717) is 0 Å². The number of hydrogen-bond donors (Lipinski definition) is 3. The highest BCUT2D eigenvalue weighted by Gasteiger charge is 2.21. The Morgan fingerprint density at radius 2 is 1.75 bits per heavy atom. The van der Waals surface area contributed by atoms with E-state index in [1.54, 1.807) is 0 Å². The molecule has 0 atom stereocenters. The molecule has 7 nitrogen and oxygen atoms in total. The van der Waals surface area contributed by atoms with Crippen LogP contribution in [0, 0.1) is 5.82 Å². The summed E-state index contributed by atoms with van der Waals surface area (Å²) in [5.74, 6) is -0.970. The van der Waals surface area contributed by atoms with Crippen molar-refractivity contribution in [1.82, 2.24) is 9.44 Å². The molecular formula is C9H13BrFN3O4S2. The van der Waals surface area contributed by atoms with Crippen molar-refractivity contribution in [3.8, 4) is 0 Å². The Labute approximate surface area is 125 Å². The molecule has 0 saturated carbocycles. The van der Waals surface area contributed by atoms with Crippen molar-refractivity contribution in [3.63, 3.8) is 0 Å². The van der Waals surface area contributed by atoms with Crippen molar-refractivity contribution in [1.29, 1.82) is 0 Å². The highest BCUT2D eigenvalue weighted by atomic mass is 79.9. The van der Waals surface area contributed by atoms with Crippen molar-refractivity contribution in [2.24, 2.45) is 0 Å². The van der Waals surface area contributed by atoms with Crippen LogP contribution in [0.3, 0.4) is 0 Å². The molecule has 0 bridgehead atoms. The van der Waals surface area contributed by atoms with Crippen LogP contribution in [0.1, 0.15) is 0 Å². The molecule has 114 valence electrons. The molecule has 0 heterocycles. The maximum Gasteiger partial charge on any atom is 0.243 e. The van der Waals surface area contributed by atoms with Gasteiger partial charge in [-0.05, 0) is 28.1 Å². The number of nitrogens with one attached hydrogen (secondary N) is 2. The van der Waals surface area contributed by atoms with Gasteiger partial charge < -0.3 is 5.73 Å². The van der Waals surface area contributed by atoms with E-state index in [9.17, 15) is 21.2 Å². The summed E-state index contributed by atoms with van der Waals surface area (Å²) in [6, 6.07) is 2.21. The normalized spacial score (nSPS) is 12.6. The molecule has 1 aromatic carbocycles. The lowest BCUT2D eigenvalue weighted by Crippen LogP contribution is -2.34. The van der Waals surface area contributed by atoms with E-state index >= 15 is 0 Å². The van der Waals surface area contributed by atoms with Gasteiger partial charge in [-0.2, -0.15) is 0 Å². The van der Waals surface area contributed by atoms with Crippen LogP contribution in [0.4, 0.5) is 10.1 Å². The third-order valence-electron chi connectivity index (χ3n) is 2.09. The molecule has 0 unspecified atom stereocenters. The molecule has 20 heavy (non-hydrogen) atoms. The highest BCUT2D eigenvalue weighted by molar-refractivity contribution is 9.10. The first-order valence-electron chi connectivity index (χ1n) is 5.22. The molecular weight excluding hydrogens is 377 g/mol. The molecule has 11 heteroatoms. The second kappa shape index (κ2) is 6.35. The highest BCUT2D eigenvalue weighted by Crippen LogP contribution is 2.25. The summed E-state index contributed by atoms with van der Waals surface area (Å²) in [6.07, 6.45) is 0.941. The Bertz CT molecular complexity index is 706. The van der Waals surface area contributed by atoms with Crippen LogP contribution >= 0.6 is 15.9 Å². The van der Waals surface area contributed by atoms with Crippen LogP contribution in [0.2, 0.25) is 0 Å². The minimum Gasteiger partial charge on any atom is -0.399 e. The fourth-order valence-corrected chi connectivity index (χ4v) is 3.52. The van der Waals surface area contributed by atoms with Crippen LogP contribution in [-0.4, -0.2) is 36.2 Å². The summed E-state index contributed by atoms with van der Waals surface area (Å²) in [5.41, 5.74) is 5.53. The standard InChI is InChI=1S/C9H13BrFN3O4S2/c1-19(15,16)13-2-3-14-20(17,18)8-5-6(12)4-7(10)9(8)11/h4-5,13-14H,2-3,12H2,1H3. The maximum absolute atomic E-state index is 13.7. The SMILES string of the molecule is CS(=O)(=O)NCCNS(=O)(=O)c1cc(N)cc(Br)c1F. The summed E-state index contributed by atoms with van der Waals surface area (Å²) in [5, 5.41) is 0. The van der Waals surface area contributed by atoms with Crippen molar-refractivity contribution >= 4 is 41.7 Å². The molecule has 0 aliphatic heterocycles. The van der Waals surface area contributed by atoms with Gasteiger partial charge in [-0.15, -0.1) is 0 Å². The summed E-state index contributed by atoms with van der Waals surface area (Å²) in [7, 11) is -7.54. The van der Waals surface area contributed by atoms with Gasteiger partial charge in [0.15, 0.2) is 5.82 Å². The molecule has 0 radical (unpaired) electrons. The van der Waals surface area contributed by atoms with E-state index in [2.05, 4.69) is 25.4 Å². The fourth-order valence-electron chi connectivity index (χ4n) is 1.28. The molecule has 4 N–H and O–H groups in total. The zero-order valence-electron chi connectivity index (χ0n) is 10.4. The first-order chi connectivity index (χ1) is 9.03. The smallest absolute Gasteiger partial charge is 0.243 e. The van der Waals surface area contributed by atoms with Gasteiger partial charge in [-0.25, -0.2) is 30.7 Å². The summed E-state index contributed by atoms with van der Waals surface area (Å²) in [4.78, 5) is -0.608. The average Bonchev–Trinajstić information content (AvgIpc) is 2.28. The van der Waals surface area contributed by atoms with Gasteiger partial charge in [-0.3, -0.25) is 0 Å². The van der Waals surface area contributed by atoms with Crippen LogP contribution in [-0.2, 0) is 20.0 Å². The third-order valence-corrected chi connectivity index (χ3v) is 4.85. The van der Waals surface area contributed by atoms with E-state index in [1.807, 2.05) is 0 Å². The quantitative estimate of drug-likeness (QED) is 0.467. The Balaban J connectivity index is 2.85. The lowest BCUT2D eigenvalue weighted by molar-refractivity contribution is 0.552. The van der Waals surface area contributed by atoms with E-state index in [0.717, 1.165) is 12.3 Å². The molecule has 0 spiro atoms. The topological polar surface area (TPSA) is 118 Å². The largest absolute Gasteiger partial charge is 0.399 e. The summed E-state index contributed by atoms with van der Waals surface area (Å²) < 4.78 is 63.2. The number of sulfonamides is 2. The van der Waals surface area contributed by atoms with Gasteiger partial charge in [0.2, 0.25) is 20.0 Å². The molecule has 0 amide bonds. The van der Waals surface area contributed by atoms with E-state index < -0.39 is 30.8 Å². The Morgan fingerprint density at radius 3 is 2.30 bits per heavy atom. The van der Waals surface area contributed by atoms with E-state index in [4.69, 9.17) is 5.73 Å². The van der Waals surface area contributed by atoms with Gasteiger partial charge in [0.1, 0.15) is 4.90 Å². The zero-order valence-corrected chi connectivity index (χ0v) is 13.6. The third kappa shape index (κ3) is 4.98. The second-order valence-electron chi connectivity index (χ2n) is 3.88. The molecule has 0 fully saturated rings.